The van der Waals surface area contributed by atoms with Crippen LogP contribution in [0.3, 0.4) is 0 Å². The molecule has 0 aromatic heterocycles. The number of thioether (sulfide) groups is 1. The quantitative estimate of drug-likeness (QED) is 0.0760. The van der Waals surface area contributed by atoms with Crippen LogP contribution in [-0.4, -0.2) is 90.8 Å². The van der Waals surface area contributed by atoms with Gasteiger partial charge in [-0.15, -0.1) is 0 Å². The van der Waals surface area contributed by atoms with Gasteiger partial charge in [-0.1, -0.05) is 74.5 Å². The summed E-state index contributed by atoms with van der Waals surface area (Å²) in [6.45, 7) is 3.63. The van der Waals surface area contributed by atoms with Crippen molar-refractivity contribution in [3.63, 3.8) is 0 Å². The maximum Gasteiger partial charge on any atom is 0.243 e. The van der Waals surface area contributed by atoms with Crippen molar-refractivity contribution in [3.8, 4) is 0 Å². The lowest BCUT2D eigenvalue weighted by Crippen LogP contribution is -2.58. The maximum absolute atomic E-state index is 13.8. The van der Waals surface area contributed by atoms with Crippen LogP contribution in [0.4, 0.5) is 0 Å². The highest BCUT2D eigenvalue weighted by Crippen LogP contribution is 2.09. The van der Waals surface area contributed by atoms with Gasteiger partial charge in [0.2, 0.25) is 35.4 Å². The minimum atomic E-state index is -1.13. The van der Waals surface area contributed by atoms with Gasteiger partial charge in [0, 0.05) is 12.8 Å². The average molecular weight is 727 g/mol. The van der Waals surface area contributed by atoms with Crippen molar-refractivity contribution in [2.75, 3.05) is 25.1 Å². The second-order valence-electron chi connectivity index (χ2n) is 12.8. The fraction of sp³-hybridized carbons (Fsp3) is 0.500. The Morgan fingerprint density at radius 1 is 0.686 bits per heavy atom. The topological polar surface area (TPSA) is 241 Å². The highest BCUT2D eigenvalue weighted by molar-refractivity contribution is 7.98. The monoisotopic (exact) mass is 726 g/mol. The molecule has 2 aromatic rings. The smallest absolute Gasteiger partial charge is 0.243 e. The number of rotatable bonds is 23. The van der Waals surface area contributed by atoms with E-state index in [0.29, 0.717) is 31.6 Å². The highest BCUT2D eigenvalue weighted by Gasteiger charge is 2.30. The van der Waals surface area contributed by atoms with E-state index in [0.717, 1.165) is 11.1 Å². The molecule has 0 bridgehead atoms. The van der Waals surface area contributed by atoms with Crippen molar-refractivity contribution in [1.29, 1.82) is 0 Å². The van der Waals surface area contributed by atoms with Gasteiger partial charge in [-0.3, -0.25) is 28.8 Å². The normalized spacial score (nSPS) is 13.9. The third-order valence-electron chi connectivity index (χ3n) is 7.94. The summed E-state index contributed by atoms with van der Waals surface area (Å²) in [6.07, 6.45) is 3.58. The Hall–Kier alpha value is -4.47. The van der Waals surface area contributed by atoms with Crippen LogP contribution in [0.1, 0.15) is 50.7 Å². The predicted octanol–water partition coefficient (Wildman–Crippen LogP) is -0.122. The third kappa shape index (κ3) is 16.4. The van der Waals surface area contributed by atoms with E-state index >= 15 is 0 Å². The molecule has 0 aliphatic heterocycles. The fourth-order valence-electron chi connectivity index (χ4n) is 5.17. The molecule has 0 aliphatic carbocycles. The van der Waals surface area contributed by atoms with E-state index in [4.69, 9.17) is 17.2 Å². The Kier molecular flexibility index (Phi) is 19.3. The maximum atomic E-state index is 13.8. The van der Waals surface area contributed by atoms with Crippen LogP contribution in [0.5, 0.6) is 0 Å². The lowest BCUT2D eigenvalue weighted by molar-refractivity contribution is -0.133. The van der Waals surface area contributed by atoms with Crippen molar-refractivity contribution < 1.29 is 28.8 Å². The van der Waals surface area contributed by atoms with Crippen LogP contribution >= 0.6 is 11.8 Å². The summed E-state index contributed by atoms with van der Waals surface area (Å²) in [6, 6.07) is 13.2. The number of carbonyl (C=O) groups excluding carboxylic acids is 6. The number of amides is 6. The van der Waals surface area contributed by atoms with E-state index in [2.05, 4.69) is 26.6 Å². The van der Waals surface area contributed by atoms with E-state index in [1.54, 1.807) is 24.3 Å². The Labute approximate surface area is 304 Å². The number of hydrogen-bond donors (Lipinski definition) is 8. The number of hydrogen-bond acceptors (Lipinski definition) is 9. The molecule has 280 valence electrons. The van der Waals surface area contributed by atoms with Gasteiger partial charge in [0.1, 0.15) is 24.2 Å². The first kappa shape index (κ1) is 42.7. The molecule has 5 atom stereocenters. The molecule has 51 heavy (non-hydrogen) atoms. The van der Waals surface area contributed by atoms with Crippen molar-refractivity contribution in [1.82, 2.24) is 26.6 Å². The minimum Gasteiger partial charge on any atom is -0.368 e. The third-order valence-corrected chi connectivity index (χ3v) is 8.58. The molecule has 0 spiro atoms. The van der Waals surface area contributed by atoms with Crippen molar-refractivity contribution in [2.45, 2.75) is 82.6 Å². The van der Waals surface area contributed by atoms with Gasteiger partial charge < -0.3 is 43.8 Å². The van der Waals surface area contributed by atoms with Gasteiger partial charge >= 0.3 is 0 Å². The lowest BCUT2D eigenvalue weighted by Gasteiger charge is -2.25. The van der Waals surface area contributed by atoms with Crippen LogP contribution in [0, 0.1) is 5.92 Å². The molecule has 0 saturated heterocycles. The lowest BCUT2D eigenvalue weighted by atomic mass is 10.0. The number of nitrogens with two attached hydrogens (primary N) is 3. The summed E-state index contributed by atoms with van der Waals surface area (Å²) in [5.41, 5.74) is 18.6. The molecule has 11 N–H and O–H groups in total. The van der Waals surface area contributed by atoms with Crippen LogP contribution < -0.4 is 43.8 Å². The fourth-order valence-corrected chi connectivity index (χ4v) is 5.64. The second kappa shape index (κ2) is 23.1. The zero-order chi connectivity index (χ0) is 37.8. The minimum absolute atomic E-state index is 0.0128. The molecule has 0 aliphatic rings. The first-order valence-corrected chi connectivity index (χ1v) is 18.5. The molecule has 6 amide bonds. The Morgan fingerprint density at radius 2 is 1.20 bits per heavy atom. The molecule has 0 fully saturated rings. The second-order valence-corrected chi connectivity index (χ2v) is 13.7. The van der Waals surface area contributed by atoms with E-state index in [1.165, 1.54) is 11.8 Å². The Bertz CT molecular complexity index is 1410. The highest BCUT2D eigenvalue weighted by atomic mass is 32.2. The van der Waals surface area contributed by atoms with Gasteiger partial charge in [0.25, 0.3) is 0 Å². The van der Waals surface area contributed by atoms with Crippen molar-refractivity contribution >= 4 is 47.2 Å². The van der Waals surface area contributed by atoms with Crippen molar-refractivity contribution in [2.24, 2.45) is 23.1 Å². The van der Waals surface area contributed by atoms with Gasteiger partial charge in [-0.25, -0.2) is 0 Å². The molecule has 15 heteroatoms. The largest absolute Gasteiger partial charge is 0.368 e. The Balaban J connectivity index is 2.20. The molecule has 2 aromatic carbocycles. The zero-order valence-corrected chi connectivity index (χ0v) is 30.5. The summed E-state index contributed by atoms with van der Waals surface area (Å²) in [4.78, 5) is 78.4. The van der Waals surface area contributed by atoms with Crippen LogP contribution in [0.2, 0.25) is 0 Å². The van der Waals surface area contributed by atoms with Crippen LogP contribution in [0.25, 0.3) is 0 Å². The standard InChI is InChI=1S/C36H54N8O6S/c1-23(2)19-28(35(49)42-27(32(39)46)16-18-51-3)41-31(45)22-40-34(48)29(20-24-11-6-4-7-12-24)44-36(50)30(21-25-13-8-5-9-14-25)43-33(47)26(38)15-10-17-37/h4-9,11-14,23,26-30H,10,15-22,37-38H2,1-3H3,(H2,39,46)(H,40,48)(H,41,45)(H,42,49)(H,43,47)(H,44,50)/t26-,27-,28-,29-,30-/m0/s1. The number of benzene rings is 2. The van der Waals surface area contributed by atoms with E-state index < -0.39 is 72.2 Å². The molecule has 0 unspecified atom stereocenters. The summed E-state index contributed by atoms with van der Waals surface area (Å²) in [5.74, 6) is -3.05. The van der Waals surface area contributed by atoms with Gasteiger partial charge in [0.15, 0.2) is 0 Å². The summed E-state index contributed by atoms with van der Waals surface area (Å²) < 4.78 is 0. The first-order valence-electron chi connectivity index (χ1n) is 17.1. The van der Waals surface area contributed by atoms with Crippen molar-refractivity contribution in [3.05, 3.63) is 71.8 Å². The molecule has 0 saturated carbocycles. The van der Waals surface area contributed by atoms with Crippen LogP contribution in [0.15, 0.2) is 60.7 Å². The average Bonchev–Trinajstić information content (AvgIpc) is 3.10. The number of primary amides is 1. The zero-order valence-electron chi connectivity index (χ0n) is 29.7. The van der Waals surface area contributed by atoms with Gasteiger partial charge in [0.05, 0.1) is 12.6 Å². The summed E-state index contributed by atoms with van der Waals surface area (Å²) in [5, 5.41) is 13.3. The van der Waals surface area contributed by atoms with Crippen LogP contribution in [-0.2, 0) is 41.6 Å². The SMILES string of the molecule is CSCC[C@H](NC(=O)[C@H](CC(C)C)NC(=O)CNC(=O)[C@H](Cc1ccccc1)NC(=O)[C@H](Cc1ccccc1)NC(=O)[C@@H](N)CCCN)C(N)=O. The molecular formula is C36H54N8O6S. The molecule has 0 heterocycles. The number of nitrogens with one attached hydrogen (secondary N) is 5. The Morgan fingerprint density at radius 3 is 1.71 bits per heavy atom. The van der Waals surface area contributed by atoms with Gasteiger partial charge in [-0.05, 0) is 61.3 Å². The predicted molar refractivity (Wildman–Crippen MR) is 199 cm³/mol. The van der Waals surface area contributed by atoms with E-state index in [-0.39, 0.29) is 25.2 Å². The number of carbonyl (C=O) groups is 6. The summed E-state index contributed by atoms with van der Waals surface area (Å²) in [7, 11) is 0. The van der Waals surface area contributed by atoms with Gasteiger partial charge in [-0.2, -0.15) is 11.8 Å². The molecule has 0 radical (unpaired) electrons. The van der Waals surface area contributed by atoms with E-state index in [9.17, 15) is 28.8 Å². The first-order chi connectivity index (χ1) is 24.3. The molecule has 14 nitrogen and oxygen atoms in total. The molecular weight excluding hydrogens is 673 g/mol. The van der Waals surface area contributed by atoms with E-state index in [1.807, 2.05) is 56.5 Å². The molecule has 2 rings (SSSR count). The summed E-state index contributed by atoms with van der Waals surface area (Å²) >= 11 is 1.50.